The Morgan fingerprint density at radius 3 is 2.53 bits per heavy atom. The molecule has 160 valence electrons. The summed E-state index contributed by atoms with van der Waals surface area (Å²) in [6.07, 6.45) is 3.23. The van der Waals surface area contributed by atoms with E-state index in [1.54, 1.807) is 59.3 Å². The highest BCUT2D eigenvalue weighted by Crippen LogP contribution is 2.29. The molecule has 0 aliphatic heterocycles. The quantitative estimate of drug-likeness (QED) is 0.168. The molecule has 0 fully saturated rings. The topological polar surface area (TPSA) is 127 Å². The van der Waals surface area contributed by atoms with Crippen LogP contribution in [-0.2, 0) is 4.79 Å². The number of aromatic nitrogens is 4. The summed E-state index contributed by atoms with van der Waals surface area (Å²) in [7, 11) is 0. The fraction of sp³-hybridized carbons (Fsp3) is 0. The van der Waals surface area contributed by atoms with E-state index in [0.29, 0.717) is 22.2 Å². The molecule has 0 aliphatic rings. The van der Waals surface area contributed by atoms with Gasteiger partial charge in [0.25, 0.3) is 5.69 Å². The lowest BCUT2D eigenvalue weighted by Gasteiger charge is -2.07. The van der Waals surface area contributed by atoms with E-state index in [-0.39, 0.29) is 15.7 Å². The molecular formula is C21H14ClN5O4S. The number of thioether (sulfide) groups is 1. The number of carbonyl (C=O) groups is 1. The monoisotopic (exact) mass is 467 g/mol. The second-order valence-corrected chi connectivity index (χ2v) is 7.91. The highest BCUT2D eigenvalue weighted by atomic mass is 35.5. The first kappa shape index (κ1) is 21.3. The van der Waals surface area contributed by atoms with Gasteiger partial charge in [-0.1, -0.05) is 11.6 Å². The number of nitrogens with zero attached hydrogens (tertiary/aromatic N) is 4. The molecular weight excluding hydrogens is 454 g/mol. The van der Waals surface area contributed by atoms with Gasteiger partial charge in [-0.25, -0.2) is 9.78 Å². The lowest BCUT2D eigenvalue weighted by atomic mass is 10.2. The number of nitro benzene ring substituents is 1. The summed E-state index contributed by atoms with van der Waals surface area (Å²) in [6, 6.07) is 16.5. The van der Waals surface area contributed by atoms with Crippen molar-refractivity contribution in [1.82, 2.24) is 19.7 Å². The van der Waals surface area contributed by atoms with Crippen molar-refractivity contribution in [3.05, 3.63) is 92.6 Å². The van der Waals surface area contributed by atoms with Gasteiger partial charge < -0.3 is 9.67 Å². The Balaban J connectivity index is 1.60. The maximum Gasteiger partial charge on any atom is 0.342 e. The van der Waals surface area contributed by atoms with Crippen LogP contribution in [0.3, 0.4) is 0 Å². The van der Waals surface area contributed by atoms with E-state index >= 15 is 0 Å². The number of aromatic amines is 1. The summed E-state index contributed by atoms with van der Waals surface area (Å²) in [4.78, 5) is 26.6. The molecule has 0 bridgehead atoms. The molecule has 0 saturated heterocycles. The van der Waals surface area contributed by atoms with E-state index in [0.717, 1.165) is 17.3 Å². The summed E-state index contributed by atoms with van der Waals surface area (Å²) in [5, 5.41) is 28.3. The Bertz CT molecular complexity index is 1310. The van der Waals surface area contributed by atoms with E-state index in [1.807, 2.05) is 0 Å². The van der Waals surface area contributed by atoms with Crippen LogP contribution < -0.4 is 0 Å². The van der Waals surface area contributed by atoms with E-state index in [4.69, 9.17) is 11.6 Å². The van der Waals surface area contributed by atoms with Crippen molar-refractivity contribution in [3.63, 3.8) is 0 Å². The molecule has 4 rings (SSSR count). The molecule has 0 spiro atoms. The first-order chi connectivity index (χ1) is 15.4. The highest BCUT2D eigenvalue weighted by Gasteiger charge is 2.16. The van der Waals surface area contributed by atoms with E-state index in [2.05, 4.69) is 15.2 Å². The van der Waals surface area contributed by atoms with Gasteiger partial charge in [0, 0.05) is 40.3 Å². The number of halogens is 1. The van der Waals surface area contributed by atoms with Gasteiger partial charge in [0.1, 0.15) is 4.91 Å². The molecule has 11 heteroatoms. The minimum absolute atomic E-state index is 0.00789. The molecule has 0 unspecified atom stereocenters. The lowest BCUT2D eigenvalue weighted by Crippen LogP contribution is -2.00. The smallest absolute Gasteiger partial charge is 0.342 e. The third-order valence-corrected chi connectivity index (χ3v) is 5.52. The van der Waals surface area contributed by atoms with Crippen LogP contribution in [-0.4, -0.2) is 35.7 Å². The van der Waals surface area contributed by atoms with Crippen molar-refractivity contribution in [3.8, 4) is 17.1 Å². The average Bonchev–Trinajstić information content (AvgIpc) is 3.43. The van der Waals surface area contributed by atoms with E-state index in [9.17, 15) is 20.0 Å². The third-order valence-electron chi connectivity index (χ3n) is 4.39. The zero-order valence-electron chi connectivity index (χ0n) is 16.2. The van der Waals surface area contributed by atoms with Gasteiger partial charge in [-0.05, 0) is 66.4 Å². The van der Waals surface area contributed by atoms with Crippen LogP contribution >= 0.6 is 23.4 Å². The molecule has 0 amide bonds. The number of carboxylic acid groups (broad SMARTS) is 1. The number of rotatable bonds is 7. The summed E-state index contributed by atoms with van der Waals surface area (Å²) >= 11 is 6.80. The average molecular weight is 468 g/mol. The predicted molar refractivity (Wildman–Crippen MR) is 121 cm³/mol. The minimum Gasteiger partial charge on any atom is -0.477 e. The van der Waals surface area contributed by atoms with Crippen molar-refractivity contribution < 1.29 is 14.8 Å². The highest BCUT2D eigenvalue weighted by molar-refractivity contribution is 8.04. The number of hydrogen-bond donors (Lipinski definition) is 2. The van der Waals surface area contributed by atoms with Crippen molar-refractivity contribution in [2.75, 3.05) is 0 Å². The molecule has 0 saturated carbocycles. The molecule has 2 N–H and O–H groups in total. The first-order valence-electron chi connectivity index (χ1n) is 9.14. The molecule has 0 radical (unpaired) electrons. The molecule has 2 aromatic heterocycles. The van der Waals surface area contributed by atoms with Crippen molar-refractivity contribution in [2.45, 2.75) is 5.16 Å². The number of H-pyrrole nitrogens is 1. The lowest BCUT2D eigenvalue weighted by molar-refractivity contribution is -0.384. The van der Waals surface area contributed by atoms with Gasteiger partial charge in [-0.3, -0.25) is 15.2 Å². The van der Waals surface area contributed by atoms with Crippen molar-refractivity contribution in [2.24, 2.45) is 0 Å². The molecule has 2 aromatic carbocycles. The molecule has 2 heterocycles. The second kappa shape index (κ2) is 9.08. The standard InChI is InChI=1S/C21H14ClN5O4S/c22-14-5-3-13(4-6-14)19-23-21(25-24-19)32-18(20(28)29)12-17-2-1-11-26(17)15-7-9-16(10-8-15)27(30)31/h1-12H,(H,28,29)(H,23,24,25)/b18-12-. The first-order valence-corrected chi connectivity index (χ1v) is 10.3. The van der Waals surface area contributed by atoms with Gasteiger partial charge in [-0.15, -0.1) is 5.10 Å². The summed E-state index contributed by atoms with van der Waals surface area (Å²) < 4.78 is 1.73. The number of benzene rings is 2. The van der Waals surface area contributed by atoms with Gasteiger partial charge >= 0.3 is 5.97 Å². The van der Waals surface area contributed by atoms with Gasteiger partial charge in [0.15, 0.2) is 5.82 Å². The molecule has 0 aliphatic carbocycles. The maximum absolute atomic E-state index is 11.9. The molecule has 32 heavy (non-hydrogen) atoms. The minimum atomic E-state index is -1.13. The zero-order chi connectivity index (χ0) is 22.7. The number of nitro groups is 1. The second-order valence-electron chi connectivity index (χ2n) is 6.47. The molecule has 9 nitrogen and oxygen atoms in total. The fourth-order valence-corrected chi connectivity index (χ4v) is 3.70. The van der Waals surface area contributed by atoms with Crippen LogP contribution in [0.5, 0.6) is 0 Å². The summed E-state index contributed by atoms with van der Waals surface area (Å²) in [5.41, 5.74) is 1.98. The SMILES string of the molecule is O=C(O)/C(=C/c1cccn1-c1ccc([N+](=O)[O-])cc1)Sc1n[nH]c(-c2ccc(Cl)cc2)n1. The number of non-ortho nitro benzene ring substituents is 1. The maximum atomic E-state index is 11.9. The van der Waals surface area contributed by atoms with Crippen LogP contribution in [0.1, 0.15) is 5.69 Å². The number of carboxylic acids is 1. The van der Waals surface area contributed by atoms with Crippen LogP contribution in [0.2, 0.25) is 5.02 Å². The molecule has 0 atom stereocenters. The summed E-state index contributed by atoms with van der Waals surface area (Å²) in [5.74, 6) is -0.646. The number of aliphatic carboxylic acids is 1. The third kappa shape index (κ3) is 4.71. The normalized spacial score (nSPS) is 11.5. The van der Waals surface area contributed by atoms with Crippen LogP contribution in [0.25, 0.3) is 23.2 Å². The Hall–Kier alpha value is -3.89. The fourth-order valence-electron chi connectivity index (χ4n) is 2.88. The zero-order valence-corrected chi connectivity index (χ0v) is 17.7. The Morgan fingerprint density at radius 2 is 1.88 bits per heavy atom. The number of nitrogens with one attached hydrogen (secondary N) is 1. The van der Waals surface area contributed by atoms with Crippen molar-refractivity contribution in [1.29, 1.82) is 0 Å². The van der Waals surface area contributed by atoms with Crippen LogP contribution in [0, 0.1) is 10.1 Å². The number of hydrogen-bond acceptors (Lipinski definition) is 6. The predicted octanol–water partition coefficient (Wildman–Crippen LogP) is 5.04. The van der Waals surface area contributed by atoms with Crippen LogP contribution in [0.15, 0.2) is 76.9 Å². The van der Waals surface area contributed by atoms with E-state index in [1.165, 1.54) is 18.2 Å². The summed E-state index contributed by atoms with van der Waals surface area (Å²) in [6.45, 7) is 0. The van der Waals surface area contributed by atoms with Gasteiger partial charge in [0.05, 0.1) is 4.92 Å². The van der Waals surface area contributed by atoms with E-state index < -0.39 is 10.9 Å². The Kier molecular flexibility index (Phi) is 6.06. The van der Waals surface area contributed by atoms with Crippen LogP contribution in [0.4, 0.5) is 5.69 Å². The molecule has 4 aromatic rings. The van der Waals surface area contributed by atoms with Gasteiger partial charge in [0.2, 0.25) is 5.16 Å². The van der Waals surface area contributed by atoms with Crippen molar-refractivity contribution >= 4 is 41.1 Å². The Morgan fingerprint density at radius 1 is 1.16 bits per heavy atom. The Labute approximate surface area is 190 Å². The van der Waals surface area contributed by atoms with Gasteiger partial charge in [-0.2, -0.15) is 0 Å². The largest absolute Gasteiger partial charge is 0.477 e.